The first-order valence-corrected chi connectivity index (χ1v) is 3.09. The molecule has 2 nitrogen and oxygen atoms in total. The molecule has 0 aromatic carbocycles. The van der Waals surface area contributed by atoms with Crippen LogP contribution in [0.15, 0.2) is 5.10 Å². The van der Waals surface area contributed by atoms with Gasteiger partial charge in [0.2, 0.25) is 0 Å². The molecule has 0 fully saturated rings. The highest BCUT2D eigenvalue weighted by atomic mass is 31.1. The van der Waals surface area contributed by atoms with Gasteiger partial charge in [0.05, 0.1) is 0 Å². The average molecular weight is 114 g/mol. The van der Waals surface area contributed by atoms with Gasteiger partial charge in [-0.05, 0) is 12.2 Å². The maximum absolute atomic E-state index is 3.82. The number of rotatable bonds is 0. The van der Waals surface area contributed by atoms with Gasteiger partial charge in [-0.1, -0.05) is 0 Å². The fraction of sp³-hybridized carbons (Fsp3) is 0.500. The third-order valence-corrected chi connectivity index (χ3v) is 1.56. The van der Waals surface area contributed by atoms with Crippen LogP contribution in [-0.4, -0.2) is 11.5 Å². The van der Waals surface area contributed by atoms with Gasteiger partial charge in [-0.2, -0.15) is 5.10 Å². The number of hydrogen-bond acceptors (Lipinski definition) is 2. The van der Waals surface area contributed by atoms with Crippen molar-refractivity contribution in [3.8, 4) is 0 Å². The van der Waals surface area contributed by atoms with E-state index < -0.39 is 0 Å². The average Bonchev–Trinajstić information content (AvgIpc) is 1.69. The lowest BCUT2D eigenvalue weighted by Crippen LogP contribution is -2.00. The highest BCUT2D eigenvalue weighted by Gasteiger charge is 1.88. The minimum Gasteiger partial charge on any atom is -0.260 e. The molecule has 0 saturated carbocycles. The third-order valence-electron chi connectivity index (χ3n) is 0.777. The highest BCUT2D eigenvalue weighted by molar-refractivity contribution is 7.38. The van der Waals surface area contributed by atoms with Crippen molar-refractivity contribution in [3.63, 3.8) is 0 Å². The smallest absolute Gasteiger partial charge is 0.0294 e. The molecule has 0 unspecified atom stereocenters. The van der Waals surface area contributed by atoms with E-state index in [1.54, 1.807) is 0 Å². The van der Waals surface area contributed by atoms with E-state index in [4.69, 9.17) is 0 Å². The maximum Gasteiger partial charge on any atom is 0.0294 e. The molecule has 1 aliphatic rings. The molecule has 0 amide bonds. The van der Waals surface area contributed by atoms with Crippen molar-refractivity contribution >= 4 is 19.9 Å². The van der Waals surface area contributed by atoms with Crippen molar-refractivity contribution in [3.05, 3.63) is 0 Å². The molecule has 1 rings (SSSR count). The Kier molecular flexibility index (Phi) is 1.42. The van der Waals surface area contributed by atoms with Gasteiger partial charge in [-0.15, -0.1) is 0 Å². The van der Waals surface area contributed by atoms with Crippen molar-refractivity contribution in [2.75, 3.05) is 0 Å². The summed E-state index contributed by atoms with van der Waals surface area (Å²) in [7, 11) is 1.17. The Morgan fingerprint density at radius 2 is 2.86 bits per heavy atom. The molecule has 7 heavy (non-hydrogen) atoms. The Hall–Kier alpha value is -0.360. The normalized spacial score (nSPS) is 20.4. The summed E-state index contributed by atoms with van der Waals surface area (Å²) in [4.78, 5) is 0. The quantitative estimate of drug-likeness (QED) is 0.467. The van der Waals surface area contributed by atoms with E-state index in [1.165, 1.54) is 13.6 Å². The van der Waals surface area contributed by atoms with Crippen molar-refractivity contribution in [2.24, 2.45) is 5.10 Å². The van der Waals surface area contributed by atoms with Gasteiger partial charge in [0.25, 0.3) is 0 Å². The molecule has 0 aromatic rings. The van der Waals surface area contributed by atoms with Gasteiger partial charge in [-0.25, -0.2) is 0 Å². The zero-order chi connectivity index (χ0) is 5.11. The summed E-state index contributed by atoms with van der Waals surface area (Å²) in [5.41, 5.74) is 0. The molecule has 0 bridgehead atoms. The number of nitrogens with one attached hydrogen (secondary N) is 1. The first kappa shape index (κ1) is 4.79. The van der Waals surface area contributed by atoms with E-state index in [2.05, 4.69) is 17.2 Å². The molecular weight excluding hydrogens is 107 g/mol. The molecular formula is C4H7N2P. The summed E-state index contributed by atoms with van der Waals surface area (Å²) >= 11 is 0. The maximum atomic E-state index is 3.82. The van der Waals surface area contributed by atoms with Crippen LogP contribution in [-0.2, 0) is 0 Å². The number of hydrazone groups is 1. The van der Waals surface area contributed by atoms with Gasteiger partial charge in [0.1, 0.15) is 0 Å². The van der Waals surface area contributed by atoms with Gasteiger partial charge in [0.15, 0.2) is 0 Å². The molecule has 38 valence electrons. The molecule has 0 aromatic heterocycles. The van der Waals surface area contributed by atoms with Gasteiger partial charge >= 0.3 is 0 Å². The number of hydrogen-bond donors (Lipinski definition) is 1. The monoisotopic (exact) mass is 114 g/mol. The number of nitrogens with zero attached hydrogens (tertiary/aromatic N) is 1. The van der Waals surface area contributed by atoms with Crippen LogP contribution in [0.3, 0.4) is 0 Å². The first-order valence-electron chi connectivity index (χ1n) is 2.19. The third kappa shape index (κ3) is 1.28. The standard InChI is InChI=1S/C4H7N2P/c1-4-2-3-5-6-7-4/h3,6H,2H2,1H3. The first-order chi connectivity index (χ1) is 3.39. The van der Waals surface area contributed by atoms with Crippen LogP contribution in [0.5, 0.6) is 0 Å². The molecule has 0 saturated heterocycles. The molecule has 0 spiro atoms. The van der Waals surface area contributed by atoms with E-state index >= 15 is 0 Å². The molecule has 1 N–H and O–H groups in total. The van der Waals surface area contributed by atoms with Crippen LogP contribution >= 0.6 is 8.35 Å². The Bertz CT molecular complexity index is 117. The van der Waals surface area contributed by atoms with Crippen LogP contribution in [0.4, 0.5) is 0 Å². The summed E-state index contributed by atoms with van der Waals surface area (Å²) in [6.45, 7) is 2.11. The fourth-order valence-corrected chi connectivity index (χ4v) is 0.861. The SMILES string of the molecule is CC1=PNN=CC1. The lowest BCUT2D eigenvalue weighted by molar-refractivity contribution is 1.11. The van der Waals surface area contributed by atoms with E-state index in [1.807, 2.05) is 6.21 Å². The highest BCUT2D eigenvalue weighted by Crippen LogP contribution is 1.99. The Labute approximate surface area is 44.5 Å². The Morgan fingerprint density at radius 1 is 2.00 bits per heavy atom. The second-order valence-electron chi connectivity index (χ2n) is 1.46. The van der Waals surface area contributed by atoms with Gasteiger partial charge in [0, 0.05) is 21.0 Å². The van der Waals surface area contributed by atoms with Crippen LogP contribution in [0.1, 0.15) is 13.3 Å². The second-order valence-corrected chi connectivity index (χ2v) is 2.65. The molecule has 1 aliphatic heterocycles. The van der Waals surface area contributed by atoms with Crippen molar-refractivity contribution in [1.29, 1.82) is 0 Å². The molecule has 3 heteroatoms. The van der Waals surface area contributed by atoms with Crippen molar-refractivity contribution in [2.45, 2.75) is 13.3 Å². The topological polar surface area (TPSA) is 24.4 Å². The minimum absolute atomic E-state index is 1.04. The molecule has 0 radical (unpaired) electrons. The van der Waals surface area contributed by atoms with Crippen LogP contribution in [0.2, 0.25) is 0 Å². The second kappa shape index (κ2) is 2.08. The largest absolute Gasteiger partial charge is 0.260 e. The van der Waals surface area contributed by atoms with Crippen LogP contribution in [0.25, 0.3) is 0 Å². The van der Waals surface area contributed by atoms with Crippen molar-refractivity contribution in [1.82, 2.24) is 5.20 Å². The molecule has 0 aliphatic carbocycles. The minimum atomic E-state index is 1.04. The predicted molar refractivity (Wildman–Crippen MR) is 33.8 cm³/mol. The van der Waals surface area contributed by atoms with Crippen LogP contribution in [0, 0.1) is 0 Å². The molecule has 0 atom stereocenters. The summed E-state index contributed by atoms with van der Waals surface area (Å²) in [6.07, 6.45) is 2.92. The summed E-state index contributed by atoms with van der Waals surface area (Å²) < 4.78 is 0. The van der Waals surface area contributed by atoms with E-state index in [0.29, 0.717) is 0 Å². The predicted octanol–water partition coefficient (Wildman–Crippen LogP) is 1.02. The Balaban J connectivity index is 2.50. The Morgan fingerprint density at radius 3 is 3.14 bits per heavy atom. The zero-order valence-corrected chi connectivity index (χ0v) is 5.07. The van der Waals surface area contributed by atoms with E-state index in [-0.39, 0.29) is 0 Å². The lowest BCUT2D eigenvalue weighted by atomic mass is 10.4. The van der Waals surface area contributed by atoms with Crippen LogP contribution < -0.4 is 5.20 Å². The fourth-order valence-electron chi connectivity index (χ4n) is 0.378. The zero-order valence-electron chi connectivity index (χ0n) is 4.18. The van der Waals surface area contributed by atoms with Gasteiger partial charge < -0.3 is 0 Å². The van der Waals surface area contributed by atoms with E-state index in [9.17, 15) is 0 Å². The lowest BCUT2D eigenvalue weighted by Gasteiger charge is -1.98. The summed E-state index contributed by atoms with van der Waals surface area (Å²) in [6, 6.07) is 0. The van der Waals surface area contributed by atoms with Crippen molar-refractivity contribution < 1.29 is 0 Å². The molecule has 1 heterocycles. The van der Waals surface area contributed by atoms with Gasteiger partial charge in [-0.3, -0.25) is 5.20 Å². The van der Waals surface area contributed by atoms with E-state index in [0.717, 1.165) is 6.42 Å². The summed E-state index contributed by atoms with van der Waals surface area (Å²) in [5, 5.41) is 8.08. The summed E-state index contributed by atoms with van der Waals surface area (Å²) in [5.74, 6) is 0.